The van der Waals surface area contributed by atoms with E-state index in [0.717, 1.165) is 0 Å². The third kappa shape index (κ3) is 2.32. The average Bonchev–Trinajstić information content (AvgIpc) is 2.05. The van der Waals surface area contributed by atoms with Crippen LogP contribution in [0, 0.1) is 0 Å². The number of hydrogen-bond acceptors (Lipinski definition) is 2. The molecule has 0 aliphatic heterocycles. The zero-order valence-corrected chi connectivity index (χ0v) is 6.20. The van der Waals surface area contributed by atoms with Crippen LogP contribution in [0.15, 0.2) is 30.3 Å². The Morgan fingerprint density at radius 3 is 2.50 bits per heavy atom. The van der Waals surface area contributed by atoms with Crippen molar-refractivity contribution in [3.05, 3.63) is 35.9 Å². The lowest BCUT2D eigenvalue weighted by molar-refractivity contribution is 0.0124. The fourth-order valence-electron chi connectivity index (χ4n) is 0.781. The van der Waals surface area contributed by atoms with Crippen LogP contribution in [0.3, 0.4) is 0 Å². The van der Waals surface area contributed by atoms with E-state index in [-0.39, 0.29) is 0 Å². The number of halogens is 1. The first-order valence-corrected chi connectivity index (χ1v) is 3.38. The minimum absolute atomic E-state index is 0.314. The lowest BCUT2D eigenvalue weighted by Gasteiger charge is -2.03. The number of alkyl halides is 1. The topological polar surface area (TPSA) is 49.3 Å². The fourth-order valence-corrected chi connectivity index (χ4v) is 0.781. The monoisotopic (exact) mass is 169 g/mol. The molecular formula is C8H8FNO2. The van der Waals surface area contributed by atoms with Crippen LogP contribution in [-0.4, -0.2) is 17.5 Å². The molecule has 0 heterocycles. The summed E-state index contributed by atoms with van der Waals surface area (Å²) in [4.78, 5) is 10.9. The Balaban J connectivity index is 2.66. The van der Waals surface area contributed by atoms with Gasteiger partial charge in [-0.3, -0.25) is 10.1 Å². The van der Waals surface area contributed by atoms with E-state index in [1.807, 2.05) is 0 Å². The normalized spacial score (nSPS) is 12.2. The van der Waals surface area contributed by atoms with E-state index in [1.165, 1.54) is 12.1 Å². The predicted octanol–water partition coefficient (Wildman–Crippen LogP) is 0.662. The molecule has 0 aliphatic rings. The highest BCUT2D eigenvalue weighted by Gasteiger charge is 2.07. The lowest BCUT2D eigenvalue weighted by atomic mass is 10.2. The van der Waals surface area contributed by atoms with E-state index in [1.54, 1.807) is 23.5 Å². The van der Waals surface area contributed by atoms with Gasteiger partial charge in [0.2, 0.25) is 0 Å². The van der Waals surface area contributed by atoms with Gasteiger partial charge in [-0.15, -0.1) is 0 Å². The molecule has 0 saturated carbocycles. The summed E-state index contributed by atoms with van der Waals surface area (Å²) in [5, 5.41) is 9.89. The molecule has 2 N–H and O–H groups in total. The van der Waals surface area contributed by atoms with Gasteiger partial charge in [0.05, 0.1) is 0 Å². The molecule has 12 heavy (non-hydrogen) atoms. The van der Waals surface area contributed by atoms with Gasteiger partial charge < -0.3 is 5.11 Å². The number of hydrogen-bond donors (Lipinski definition) is 2. The zero-order chi connectivity index (χ0) is 8.97. The van der Waals surface area contributed by atoms with E-state index in [4.69, 9.17) is 5.11 Å². The highest BCUT2D eigenvalue weighted by Crippen LogP contribution is 1.97. The molecule has 3 nitrogen and oxygen atoms in total. The molecule has 4 heteroatoms. The van der Waals surface area contributed by atoms with Crippen molar-refractivity contribution in [3.63, 3.8) is 0 Å². The smallest absolute Gasteiger partial charge is 0.276 e. The molecule has 1 aromatic carbocycles. The van der Waals surface area contributed by atoms with Gasteiger partial charge in [0.15, 0.2) is 0 Å². The summed E-state index contributed by atoms with van der Waals surface area (Å²) in [7, 11) is 0. The maximum atomic E-state index is 11.9. The largest absolute Gasteiger partial charge is 0.348 e. The van der Waals surface area contributed by atoms with Gasteiger partial charge in [-0.1, -0.05) is 18.2 Å². The van der Waals surface area contributed by atoms with Crippen LogP contribution in [-0.2, 0) is 0 Å². The number of amides is 1. The van der Waals surface area contributed by atoms with Gasteiger partial charge in [-0.2, -0.15) is 4.39 Å². The minimum Gasteiger partial charge on any atom is -0.348 e. The molecule has 64 valence electrons. The molecule has 0 aromatic heterocycles. The molecule has 1 unspecified atom stereocenters. The van der Waals surface area contributed by atoms with Crippen LogP contribution < -0.4 is 5.32 Å². The number of aliphatic hydroxyl groups excluding tert-OH is 1. The highest BCUT2D eigenvalue weighted by molar-refractivity contribution is 5.94. The van der Waals surface area contributed by atoms with E-state index in [2.05, 4.69) is 0 Å². The zero-order valence-electron chi connectivity index (χ0n) is 6.20. The van der Waals surface area contributed by atoms with Crippen LogP contribution in [0.5, 0.6) is 0 Å². The predicted molar refractivity (Wildman–Crippen MR) is 41.0 cm³/mol. The Morgan fingerprint density at radius 1 is 1.42 bits per heavy atom. The molecule has 0 saturated heterocycles. The first-order chi connectivity index (χ1) is 5.70. The van der Waals surface area contributed by atoms with E-state index in [9.17, 15) is 9.18 Å². The summed E-state index contributed by atoms with van der Waals surface area (Å²) in [5.41, 5.74) is 0.314. The number of aliphatic hydroxyl groups is 1. The highest BCUT2D eigenvalue weighted by atomic mass is 19.1. The van der Waals surface area contributed by atoms with Gasteiger partial charge in [0.1, 0.15) is 0 Å². The van der Waals surface area contributed by atoms with Crippen molar-refractivity contribution in [2.45, 2.75) is 6.48 Å². The van der Waals surface area contributed by atoms with Crippen molar-refractivity contribution in [3.8, 4) is 0 Å². The molecule has 0 fully saturated rings. The van der Waals surface area contributed by atoms with Crippen LogP contribution in [0.4, 0.5) is 4.39 Å². The first kappa shape index (κ1) is 8.67. The molecule has 0 aliphatic carbocycles. The van der Waals surface area contributed by atoms with Crippen molar-refractivity contribution in [2.24, 2.45) is 0 Å². The summed E-state index contributed by atoms with van der Waals surface area (Å²) in [6.07, 6.45) is 0. The van der Waals surface area contributed by atoms with Crippen molar-refractivity contribution < 1.29 is 14.3 Å². The van der Waals surface area contributed by atoms with E-state index < -0.39 is 12.4 Å². The molecule has 0 radical (unpaired) electrons. The van der Waals surface area contributed by atoms with Crippen LogP contribution in [0.1, 0.15) is 10.4 Å². The third-order valence-electron chi connectivity index (χ3n) is 1.29. The fraction of sp³-hybridized carbons (Fsp3) is 0.125. The summed E-state index contributed by atoms with van der Waals surface area (Å²) < 4.78 is 11.9. The molecule has 0 spiro atoms. The van der Waals surface area contributed by atoms with Gasteiger partial charge >= 0.3 is 0 Å². The second-order valence-corrected chi connectivity index (χ2v) is 2.18. The average molecular weight is 169 g/mol. The van der Waals surface area contributed by atoms with Crippen LogP contribution in [0.2, 0.25) is 0 Å². The lowest BCUT2D eigenvalue weighted by Crippen LogP contribution is -2.30. The standard InChI is InChI=1S/C8H8FNO2/c9-8(12)10-7(11)6-4-2-1-3-5-6/h1-5,8,12H,(H,10,11). The minimum atomic E-state index is -2.31. The molecule has 1 aromatic rings. The van der Waals surface area contributed by atoms with Crippen molar-refractivity contribution >= 4 is 5.91 Å². The van der Waals surface area contributed by atoms with Gasteiger partial charge in [0, 0.05) is 5.56 Å². The Labute approximate surface area is 68.8 Å². The third-order valence-corrected chi connectivity index (χ3v) is 1.29. The van der Waals surface area contributed by atoms with E-state index in [0.29, 0.717) is 5.56 Å². The number of rotatable bonds is 2. The summed E-state index contributed by atoms with van der Waals surface area (Å²) in [5.74, 6) is -0.634. The molecule has 1 atom stereocenters. The number of carbonyl (C=O) groups is 1. The van der Waals surface area contributed by atoms with Crippen molar-refractivity contribution in [1.82, 2.24) is 5.32 Å². The Morgan fingerprint density at radius 2 is 2.00 bits per heavy atom. The van der Waals surface area contributed by atoms with Gasteiger partial charge in [0.25, 0.3) is 12.4 Å². The quantitative estimate of drug-likeness (QED) is 0.504. The van der Waals surface area contributed by atoms with Crippen LogP contribution >= 0.6 is 0 Å². The first-order valence-electron chi connectivity index (χ1n) is 3.38. The van der Waals surface area contributed by atoms with Gasteiger partial charge in [-0.05, 0) is 12.1 Å². The number of benzene rings is 1. The molecule has 0 bridgehead atoms. The van der Waals surface area contributed by atoms with Crippen molar-refractivity contribution in [2.75, 3.05) is 0 Å². The molecule has 1 amide bonds. The second kappa shape index (κ2) is 3.82. The molecule has 1 rings (SSSR count). The number of nitrogens with one attached hydrogen (secondary N) is 1. The van der Waals surface area contributed by atoms with Gasteiger partial charge in [-0.25, -0.2) is 0 Å². The second-order valence-electron chi connectivity index (χ2n) is 2.18. The number of carbonyl (C=O) groups excluding carboxylic acids is 1. The Hall–Kier alpha value is -1.42. The van der Waals surface area contributed by atoms with Crippen LogP contribution in [0.25, 0.3) is 0 Å². The van der Waals surface area contributed by atoms with Crippen molar-refractivity contribution in [1.29, 1.82) is 0 Å². The SMILES string of the molecule is O=C(NC(O)F)c1ccccc1. The Bertz CT molecular complexity index is 261. The summed E-state index contributed by atoms with van der Waals surface area (Å²) in [6, 6.07) is 8.09. The van der Waals surface area contributed by atoms with E-state index >= 15 is 0 Å². The maximum Gasteiger partial charge on any atom is 0.276 e. The summed E-state index contributed by atoms with van der Waals surface area (Å²) >= 11 is 0. The summed E-state index contributed by atoms with van der Waals surface area (Å²) in [6.45, 7) is -2.31. The molecular weight excluding hydrogens is 161 g/mol. The maximum absolute atomic E-state index is 11.9. The Kier molecular flexibility index (Phi) is 2.76.